The summed E-state index contributed by atoms with van der Waals surface area (Å²) in [4.78, 5) is 0. The summed E-state index contributed by atoms with van der Waals surface area (Å²) in [7, 11) is 0. The Balaban J connectivity index is 1.91. The first kappa shape index (κ1) is 12.6. The first-order valence-electron chi connectivity index (χ1n) is 6.97. The van der Waals surface area contributed by atoms with E-state index in [2.05, 4.69) is 44.3 Å². The number of rotatable bonds is 4. The fourth-order valence-corrected chi connectivity index (χ4v) is 2.94. The summed E-state index contributed by atoms with van der Waals surface area (Å²) in [5, 5.41) is 3.70. The summed E-state index contributed by atoms with van der Waals surface area (Å²) < 4.78 is 0. The molecule has 1 fully saturated rings. The van der Waals surface area contributed by atoms with Crippen molar-refractivity contribution in [1.82, 2.24) is 5.32 Å². The smallest absolute Gasteiger partial charge is 0.0292 e. The van der Waals surface area contributed by atoms with Crippen molar-refractivity contribution >= 4 is 0 Å². The van der Waals surface area contributed by atoms with Crippen LogP contribution in [0.5, 0.6) is 0 Å². The Morgan fingerprint density at radius 3 is 2.29 bits per heavy atom. The molecule has 0 bridgehead atoms. The van der Waals surface area contributed by atoms with E-state index in [9.17, 15) is 0 Å². The van der Waals surface area contributed by atoms with E-state index < -0.39 is 0 Å². The van der Waals surface area contributed by atoms with Gasteiger partial charge in [0, 0.05) is 6.04 Å². The molecule has 1 heteroatoms. The van der Waals surface area contributed by atoms with Crippen LogP contribution in [-0.2, 0) is 0 Å². The average Bonchev–Trinajstić information content (AvgIpc) is 2.77. The van der Waals surface area contributed by atoms with Gasteiger partial charge in [-0.25, -0.2) is 0 Å². The molecule has 1 saturated carbocycles. The Morgan fingerprint density at radius 1 is 1.12 bits per heavy atom. The number of benzene rings is 1. The van der Waals surface area contributed by atoms with Crippen LogP contribution in [0.25, 0.3) is 0 Å². The molecule has 1 N–H and O–H groups in total. The molecule has 2 rings (SSSR count). The van der Waals surface area contributed by atoms with Gasteiger partial charge in [-0.1, -0.05) is 42.2 Å². The van der Waals surface area contributed by atoms with E-state index in [1.165, 1.54) is 48.9 Å². The minimum absolute atomic E-state index is 0.481. The van der Waals surface area contributed by atoms with Gasteiger partial charge in [-0.3, -0.25) is 0 Å². The fourth-order valence-electron chi connectivity index (χ4n) is 2.94. The first-order valence-corrected chi connectivity index (χ1v) is 6.97. The summed E-state index contributed by atoms with van der Waals surface area (Å²) in [5.41, 5.74) is 4.17. The standard InChI is InChI=1S/C16H25N/c1-12-8-13(2)10-16(9-12)14(3)17-11-15-6-4-5-7-15/h8-10,14-15,17H,4-7,11H2,1-3H3. The van der Waals surface area contributed by atoms with Crippen molar-refractivity contribution < 1.29 is 0 Å². The van der Waals surface area contributed by atoms with E-state index in [0.717, 1.165) is 5.92 Å². The van der Waals surface area contributed by atoms with Crippen LogP contribution in [0, 0.1) is 19.8 Å². The molecular weight excluding hydrogens is 206 g/mol. The zero-order chi connectivity index (χ0) is 12.3. The predicted molar refractivity (Wildman–Crippen MR) is 74.3 cm³/mol. The molecule has 0 heterocycles. The zero-order valence-electron chi connectivity index (χ0n) is 11.4. The van der Waals surface area contributed by atoms with Gasteiger partial charge >= 0.3 is 0 Å². The van der Waals surface area contributed by atoms with Gasteiger partial charge in [-0.2, -0.15) is 0 Å². The van der Waals surface area contributed by atoms with Gasteiger partial charge in [0.15, 0.2) is 0 Å². The normalized spacial score (nSPS) is 18.5. The van der Waals surface area contributed by atoms with Gasteiger partial charge in [0.1, 0.15) is 0 Å². The summed E-state index contributed by atoms with van der Waals surface area (Å²) in [6.07, 6.45) is 5.72. The van der Waals surface area contributed by atoms with Crippen molar-refractivity contribution in [2.75, 3.05) is 6.54 Å². The van der Waals surface area contributed by atoms with E-state index in [1.807, 2.05) is 0 Å². The molecule has 0 aromatic heterocycles. The van der Waals surface area contributed by atoms with Crippen molar-refractivity contribution in [3.8, 4) is 0 Å². The molecule has 1 atom stereocenters. The largest absolute Gasteiger partial charge is 0.310 e. The molecule has 1 aliphatic rings. The second-order valence-corrected chi connectivity index (χ2v) is 5.70. The summed E-state index contributed by atoms with van der Waals surface area (Å²) in [6, 6.07) is 7.33. The molecule has 1 nitrogen and oxygen atoms in total. The maximum atomic E-state index is 3.70. The van der Waals surface area contributed by atoms with E-state index in [-0.39, 0.29) is 0 Å². The first-order chi connectivity index (χ1) is 8.15. The van der Waals surface area contributed by atoms with E-state index in [0.29, 0.717) is 6.04 Å². The van der Waals surface area contributed by atoms with Crippen LogP contribution in [0.1, 0.15) is 55.3 Å². The topological polar surface area (TPSA) is 12.0 Å². The Morgan fingerprint density at radius 2 is 1.71 bits per heavy atom. The van der Waals surface area contributed by atoms with Crippen LogP contribution >= 0.6 is 0 Å². The monoisotopic (exact) mass is 231 g/mol. The number of hydrogen-bond donors (Lipinski definition) is 1. The maximum Gasteiger partial charge on any atom is 0.0292 e. The van der Waals surface area contributed by atoms with Gasteiger partial charge in [0.05, 0.1) is 0 Å². The molecule has 0 spiro atoms. The molecule has 1 aromatic rings. The van der Waals surface area contributed by atoms with E-state index >= 15 is 0 Å². The minimum Gasteiger partial charge on any atom is -0.310 e. The van der Waals surface area contributed by atoms with Gasteiger partial charge in [-0.15, -0.1) is 0 Å². The minimum atomic E-state index is 0.481. The van der Waals surface area contributed by atoms with E-state index in [4.69, 9.17) is 0 Å². The fraction of sp³-hybridized carbons (Fsp3) is 0.625. The second kappa shape index (κ2) is 5.68. The van der Waals surface area contributed by atoms with Crippen LogP contribution in [0.4, 0.5) is 0 Å². The molecule has 1 unspecified atom stereocenters. The molecule has 0 aliphatic heterocycles. The third-order valence-corrected chi connectivity index (χ3v) is 3.93. The molecule has 0 radical (unpaired) electrons. The van der Waals surface area contributed by atoms with Gasteiger partial charge in [-0.05, 0) is 51.6 Å². The third-order valence-electron chi connectivity index (χ3n) is 3.93. The summed E-state index contributed by atoms with van der Waals surface area (Å²) >= 11 is 0. The van der Waals surface area contributed by atoms with Gasteiger partial charge in [0.25, 0.3) is 0 Å². The zero-order valence-corrected chi connectivity index (χ0v) is 11.4. The van der Waals surface area contributed by atoms with Crippen LogP contribution < -0.4 is 5.32 Å². The highest BCUT2D eigenvalue weighted by Gasteiger charge is 2.15. The highest BCUT2D eigenvalue weighted by atomic mass is 14.9. The second-order valence-electron chi connectivity index (χ2n) is 5.70. The van der Waals surface area contributed by atoms with Crippen molar-refractivity contribution in [2.45, 2.75) is 52.5 Å². The molecule has 0 amide bonds. The van der Waals surface area contributed by atoms with Crippen molar-refractivity contribution in [1.29, 1.82) is 0 Å². The summed E-state index contributed by atoms with van der Waals surface area (Å²) in [6.45, 7) is 7.83. The van der Waals surface area contributed by atoms with Crippen molar-refractivity contribution in [3.05, 3.63) is 34.9 Å². The highest BCUT2D eigenvalue weighted by molar-refractivity contribution is 5.30. The van der Waals surface area contributed by atoms with Gasteiger partial charge < -0.3 is 5.32 Å². The highest BCUT2D eigenvalue weighted by Crippen LogP contribution is 2.25. The number of hydrogen-bond acceptors (Lipinski definition) is 1. The van der Waals surface area contributed by atoms with Crippen LogP contribution in [-0.4, -0.2) is 6.54 Å². The lowest BCUT2D eigenvalue weighted by molar-refractivity contribution is 0.452. The molecule has 0 saturated heterocycles. The average molecular weight is 231 g/mol. The summed E-state index contributed by atoms with van der Waals surface area (Å²) in [5.74, 6) is 0.920. The number of aryl methyl sites for hydroxylation is 2. The Hall–Kier alpha value is -0.820. The lowest BCUT2D eigenvalue weighted by atomic mass is 10.0. The molecule has 94 valence electrons. The van der Waals surface area contributed by atoms with E-state index in [1.54, 1.807) is 0 Å². The lowest BCUT2D eigenvalue weighted by Crippen LogP contribution is -2.24. The Labute approximate surface area is 106 Å². The quantitative estimate of drug-likeness (QED) is 0.821. The molecule has 1 aliphatic carbocycles. The van der Waals surface area contributed by atoms with Crippen molar-refractivity contribution in [3.63, 3.8) is 0 Å². The predicted octanol–water partition coefficient (Wildman–Crippen LogP) is 4.14. The van der Waals surface area contributed by atoms with Crippen LogP contribution in [0.15, 0.2) is 18.2 Å². The number of nitrogens with one attached hydrogen (secondary N) is 1. The Bertz CT molecular complexity index is 344. The van der Waals surface area contributed by atoms with Crippen molar-refractivity contribution in [2.24, 2.45) is 5.92 Å². The van der Waals surface area contributed by atoms with Crippen LogP contribution in [0.2, 0.25) is 0 Å². The molecular formula is C16H25N. The molecule has 1 aromatic carbocycles. The van der Waals surface area contributed by atoms with Gasteiger partial charge in [0.2, 0.25) is 0 Å². The lowest BCUT2D eigenvalue weighted by Gasteiger charge is -2.18. The SMILES string of the molecule is Cc1cc(C)cc(C(C)NCC2CCCC2)c1. The maximum absolute atomic E-state index is 3.70. The third kappa shape index (κ3) is 3.57. The van der Waals surface area contributed by atoms with Crippen LogP contribution in [0.3, 0.4) is 0 Å². The Kier molecular flexibility index (Phi) is 4.22. The molecule has 17 heavy (non-hydrogen) atoms.